The van der Waals surface area contributed by atoms with Gasteiger partial charge in [0.05, 0.1) is 25.0 Å². The van der Waals surface area contributed by atoms with Crippen LogP contribution in [0.3, 0.4) is 0 Å². The first-order valence-corrected chi connectivity index (χ1v) is 12.0. The fourth-order valence-electron chi connectivity index (χ4n) is 3.15. The molecule has 0 saturated heterocycles. The average molecular weight is 509 g/mol. The van der Waals surface area contributed by atoms with Gasteiger partial charge in [-0.15, -0.1) is 0 Å². The van der Waals surface area contributed by atoms with Crippen molar-refractivity contribution in [3.8, 4) is 5.75 Å². The van der Waals surface area contributed by atoms with E-state index in [-0.39, 0.29) is 24.1 Å². The van der Waals surface area contributed by atoms with E-state index in [2.05, 4.69) is 10.2 Å². The Morgan fingerprint density at radius 3 is 2.46 bits per heavy atom. The molecule has 11 heteroatoms. The van der Waals surface area contributed by atoms with Gasteiger partial charge in [0.2, 0.25) is 5.91 Å². The highest BCUT2D eigenvalue weighted by Gasteiger charge is 2.33. The number of thioether (sulfide) groups is 1. The molecule has 10 nitrogen and oxygen atoms in total. The van der Waals surface area contributed by atoms with Crippen LogP contribution < -0.4 is 15.4 Å². The van der Waals surface area contributed by atoms with Gasteiger partial charge in [0.15, 0.2) is 5.12 Å². The van der Waals surface area contributed by atoms with E-state index in [0.717, 1.165) is 33.8 Å². The highest BCUT2D eigenvalue weighted by Crippen LogP contribution is 2.27. The van der Waals surface area contributed by atoms with Crippen LogP contribution in [0, 0.1) is 10.6 Å². The van der Waals surface area contributed by atoms with E-state index >= 15 is 0 Å². The van der Waals surface area contributed by atoms with Gasteiger partial charge in [-0.25, -0.2) is 4.79 Å². The zero-order chi connectivity index (χ0) is 26.2. The molecule has 0 aliphatic rings. The van der Waals surface area contributed by atoms with Gasteiger partial charge in [-0.05, 0) is 56.2 Å². The number of carbonyl (C=O) groups excluding carboxylic acids is 3. The summed E-state index contributed by atoms with van der Waals surface area (Å²) in [7, 11) is 1.60. The number of hydrogen-bond acceptors (Lipinski definition) is 9. The number of rotatable bonds is 12. The number of methoxy groups -OCH3 is 1. The minimum atomic E-state index is -1.48. The zero-order valence-corrected chi connectivity index (χ0v) is 21.3. The average Bonchev–Trinajstić information content (AvgIpc) is 2.83. The van der Waals surface area contributed by atoms with Gasteiger partial charge in [-0.2, -0.15) is 10.0 Å². The van der Waals surface area contributed by atoms with Crippen LogP contribution in [0.25, 0.3) is 10.8 Å². The van der Waals surface area contributed by atoms with Crippen molar-refractivity contribution in [2.75, 3.05) is 26.1 Å². The van der Waals surface area contributed by atoms with E-state index in [0.29, 0.717) is 0 Å². The van der Waals surface area contributed by atoms with Crippen molar-refractivity contribution in [2.24, 2.45) is 5.41 Å². The smallest absolute Gasteiger partial charge is 0.329 e. The van der Waals surface area contributed by atoms with Crippen molar-refractivity contribution >= 4 is 39.5 Å². The number of hydrogen-bond donors (Lipinski definition) is 3. The molecular formula is C24H32N2O8S. The van der Waals surface area contributed by atoms with E-state index in [1.165, 1.54) is 0 Å². The van der Waals surface area contributed by atoms with Crippen molar-refractivity contribution in [1.82, 2.24) is 5.32 Å². The third-order valence-electron chi connectivity index (χ3n) is 5.34. The maximum Gasteiger partial charge on any atom is 0.329 e. The van der Waals surface area contributed by atoms with Crippen LogP contribution in [0.5, 0.6) is 5.75 Å². The number of fused-ring (bicyclic) bond motifs is 1. The quantitative estimate of drug-likeness (QED) is 0.290. The lowest BCUT2D eigenvalue weighted by molar-refractivity contribution is -1.21. The Hall–Kier alpha value is -2.70. The first kappa shape index (κ1) is 28.5. The lowest BCUT2D eigenvalue weighted by atomic mass is 9.96. The molecule has 0 heterocycles. The number of ether oxygens (including phenoxy) is 2. The molecule has 3 unspecified atom stereocenters. The predicted octanol–water partition coefficient (Wildman–Crippen LogP) is 1.99. The number of esters is 1. The lowest BCUT2D eigenvalue weighted by Gasteiger charge is -2.24. The minimum absolute atomic E-state index is 0.0653. The molecule has 3 atom stereocenters. The Balaban J connectivity index is 2.10. The maximum atomic E-state index is 13.0. The third kappa shape index (κ3) is 8.18. The Bertz CT molecular complexity index is 1040. The van der Waals surface area contributed by atoms with E-state index in [1.54, 1.807) is 34.8 Å². The van der Waals surface area contributed by atoms with E-state index in [9.17, 15) is 19.6 Å². The van der Waals surface area contributed by atoms with Gasteiger partial charge in [0, 0.05) is 5.75 Å². The Kier molecular flexibility index (Phi) is 10.5. The van der Waals surface area contributed by atoms with E-state index < -0.39 is 34.6 Å². The first-order valence-electron chi connectivity index (χ1n) is 11.1. The predicted molar refractivity (Wildman–Crippen MR) is 131 cm³/mol. The number of carbonyl (C=O) groups is 3. The Morgan fingerprint density at radius 2 is 1.83 bits per heavy atom. The molecule has 0 radical (unpaired) electrons. The van der Waals surface area contributed by atoms with Crippen LogP contribution >= 0.6 is 11.8 Å². The second kappa shape index (κ2) is 12.8. The molecule has 0 aromatic heterocycles. The minimum Gasteiger partial charge on any atom is -0.566 e. The fraction of sp³-hybridized carbons (Fsp3) is 0.458. The fourth-order valence-corrected chi connectivity index (χ4v) is 4.14. The standard InChI is InChI=1S/C24H32N2O8S/c1-6-33-22(28)20(13-35-23(29)24(3,4)14-34-26(30)31)25-21(27)15(2)16-7-8-18-12-19(32-5)10-9-17(18)11-16/h7-12,15,20,26,30H,6,13-14H2,1-5H3,(H,25,27). The molecule has 0 bridgehead atoms. The Morgan fingerprint density at radius 1 is 1.17 bits per heavy atom. The van der Waals surface area contributed by atoms with Crippen molar-refractivity contribution in [2.45, 2.75) is 39.7 Å². The molecule has 0 fully saturated rings. The molecule has 2 rings (SSSR count). The van der Waals surface area contributed by atoms with Gasteiger partial charge in [0.1, 0.15) is 18.4 Å². The second-order valence-electron chi connectivity index (χ2n) is 8.54. The second-order valence-corrected chi connectivity index (χ2v) is 9.54. The molecule has 0 spiro atoms. The lowest BCUT2D eigenvalue weighted by Crippen LogP contribution is -3.03. The number of nitrogens with one attached hydrogen (secondary N) is 2. The van der Waals surface area contributed by atoms with Crippen molar-refractivity contribution < 1.29 is 39.3 Å². The summed E-state index contributed by atoms with van der Waals surface area (Å²) >= 11 is 0.813. The van der Waals surface area contributed by atoms with Gasteiger partial charge in [-0.3, -0.25) is 9.59 Å². The van der Waals surface area contributed by atoms with Crippen LogP contribution in [0.15, 0.2) is 36.4 Å². The summed E-state index contributed by atoms with van der Waals surface area (Å²) in [4.78, 5) is 42.6. The molecule has 2 aromatic rings. The topological polar surface area (TPSA) is 139 Å². The molecule has 3 N–H and O–H groups in total. The van der Waals surface area contributed by atoms with Gasteiger partial charge >= 0.3 is 5.97 Å². The zero-order valence-electron chi connectivity index (χ0n) is 20.5. The van der Waals surface area contributed by atoms with Crippen molar-refractivity contribution in [3.63, 3.8) is 0 Å². The number of benzene rings is 2. The molecule has 35 heavy (non-hydrogen) atoms. The summed E-state index contributed by atoms with van der Waals surface area (Å²) in [5, 5.41) is 22.1. The molecule has 0 saturated carbocycles. The molecule has 0 aliphatic carbocycles. The van der Waals surface area contributed by atoms with Crippen LogP contribution in [-0.4, -0.2) is 54.3 Å². The monoisotopic (exact) mass is 508 g/mol. The van der Waals surface area contributed by atoms with Crippen LogP contribution in [-0.2, 0) is 24.0 Å². The van der Waals surface area contributed by atoms with Gasteiger partial charge in [0.25, 0.3) is 0 Å². The highest BCUT2D eigenvalue weighted by molar-refractivity contribution is 8.13. The van der Waals surface area contributed by atoms with Gasteiger partial charge in [-0.1, -0.05) is 41.4 Å². The highest BCUT2D eigenvalue weighted by atomic mass is 32.2. The summed E-state index contributed by atoms with van der Waals surface area (Å²) in [6.45, 7) is 6.25. The summed E-state index contributed by atoms with van der Waals surface area (Å²) in [5.41, 5.74) is -0.341. The Labute approximate surface area is 208 Å². The summed E-state index contributed by atoms with van der Waals surface area (Å²) < 4.78 is 10.3. The molecule has 0 aliphatic heterocycles. The SMILES string of the molecule is CCOC(=O)C(CSC(=O)C(C)(C)CO[NH+]([O-])O)NC(=O)C(C)c1ccc2cc(OC)ccc2c1. The van der Waals surface area contributed by atoms with Gasteiger partial charge < -0.3 is 20.0 Å². The summed E-state index contributed by atoms with van der Waals surface area (Å²) in [6.07, 6.45) is 0. The molecular weight excluding hydrogens is 476 g/mol. The van der Waals surface area contributed by atoms with Crippen LogP contribution in [0.1, 0.15) is 39.2 Å². The molecule has 192 valence electrons. The molecule has 1 amide bonds. The molecule has 2 aromatic carbocycles. The summed E-state index contributed by atoms with van der Waals surface area (Å²) in [6, 6.07) is 10.2. The number of quaternary nitrogens is 1. The van der Waals surface area contributed by atoms with E-state index in [4.69, 9.17) is 14.7 Å². The van der Waals surface area contributed by atoms with Crippen LogP contribution in [0.2, 0.25) is 0 Å². The van der Waals surface area contributed by atoms with E-state index in [1.807, 2.05) is 36.4 Å². The number of amides is 1. The third-order valence-corrected chi connectivity index (χ3v) is 6.66. The first-order chi connectivity index (χ1) is 16.5. The van der Waals surface area contributed by atoms with Crippen molar-refractivity contribution in [1.29, 1.82) is 0 Å². The normalized spacial score (nSPS) is 14.1. The maximum absolute atomic E-state index is 13.0. The van der Waals surface area contributed by atoms with Crippen molar-refractivity contribution in [3.05, 3.63) is 47.2 Å². The van der Waals surface area contributed by atoms with Crippen LogP contribution in [0.4, 0.5) is 0 Å². The summed E-state index contributed by atoms with van der Waals surface area (Å²) in [5.74, 6) is -0.946. The largest absolute Gasteiger partial charge is 0.566 e.